The smallest absolute Gasteiger partial charge is 0.224 e. The number of nitrogens with zero attached hydrogens (tertiary/aromatic N) is 3. The highest BCUT2D eigenvalue weighted by atomic mass is 19.1. The minimum Gasteiger partial charge on any atom is -0.354 e. The van der Waals surface area contributed by atoms with Gasteiger partial charge >= 0.3 is 0 Å². The Morgan fingerprint density at radius 3 is 2.57 bits per heavy atom. The van der Waals surface area contributed by atoms with E-state index in [1.54, 1.807) is 0 Å². The maximum absolute atomic E-state index is 13.4. The monoisotopic (exact) mass is 378 g/mol. The molecule has 2 aromatic heterocycles. The molecule has 1 N–H and O–H groups in total. The topological polar surface area (TPSA) is 42.7 Å². The largest absolute Gasteiger partial charge is 0.354 e. The fourth-order valence-corrected chi connectivity index (χ4v) is 4.41. The minimum absolute atomic E-state index is 0.210. The Morgan fingerprint density at radius 2 is 1.82 bits per heavy atom. The number of rotatable bonds is 6. The number of nitrogens with one attached hydrogen (secondary N) is 1. The van der Waals surface area contributed by atoms with E-state index in [2.05, 4.69) is 21.1 Å². The molecule has 2 fully saturated rings. The van der Waals surface area contributed by atoms with E-state index in [9.17, 15) is 4.39 Å². The molecule has 0 atom stereocenters. The Kier molecular flexibility index (Phi) is 4.75. The summed E-state index contributed by atoms with van der Waals surface area (Å²) < 4.78 is 15.8. The standard InChI is InChI=1S/C23H27FN4/c24-18-10-8-17(9-11-18)21-15-28(19-4-2-1-3-5-19)22-20(21)14-26-23(27-22)25-13-12-16-6-7-16/h8-11,14-16,19H,1-7,12-13H2,(H,25,26,27). The second kappa shape index (κ2) is 7.53. The lowest BCUT2D eigenvalue weighted by atomic mass is 9.95. The molecule has 4 nitrogen and oxygen atoms in total. The van der Waals surface area contributed by atoms with Crippen molar-refractivity contribution in [2.45, 2.75) is 57.4 Å². The fraction of sp³-hybridized carbons (Fsp3) is 0.478. The van der Waals surface area contributed by atoms with Crippen molar-refractivity contribution < 1.29 is 4.39 Å². The van der Waals surface area contributed by atoms with Gasteiger partial charge in [-0.2, -0.15) is 4.98 Å². The molecule has 5 heteroatoms. The van der Waals surface area contributed by atoms with Crippen LogP contribution in [0.3, 0.4) is 0 Å². The molecule has 0 aliphatic heterocycles. The van der Waals surface area contributed by atoms with Gasteiger partial charge < -0.3 is 9.88 Å². The molecule has 2 heterocycles. The zero-order valence-electron chi connectivity index (χ0n) is 16.2. The number of fused-ring (bicyclic) bond motifs is 1. The molecule has 28 heavy (non-hydrogen) atoms. The molecule has 0 bridgehead atoms. The molecule has 5 rings (SSSR count). The van der Waals surface area contributed by atoms with E-state index >= 15 is 0 Å². The van der Waals surface area contributed by atoms with E-state index in [1.807, 2.05) is 18.3 Å². The molecular weight excluding hydrogens is 351 g/mol. The van der Waals surface area contributed by atoms with Gasteiger partial charge in [0.2, 0.25) is 5.95 Å². The summed E-state index contributed by atoms with van der Waals surface area (Å²) in [5.74, 6) is 1.40. The van der Waals surface area contributed by atoms with Crippen LogP contribution in [-0.2, 0) is 0 Å². The Balaban J connectivity index is 1.52. The normalized spacial score (nSPS) is 17.9. The lowest BCUT2D eigenvalue weighted by molar-refractivity contribution is 0.360. The van der Waals surface area contributed by atoms with Crippen LogP contribution < -0.4 is 5.32 Å². The number of halogens is 1. The lowest BCUT2D eigenvalue weighted by Crippen LogP contribution is -2.13. The first-order valence-electron chi connectivity index (χ1n) is 10.7. The highest BCUT2D eigenvalue weighted by Crippen LogP contribution is 2.36. The van der Waals surface area contributed by atoms with Crippen molar-refractivity contribution in [1.29, 1.82) is 0 Å². The van der Waals surface area contributed by atoms with E-state index in [-0.39, 0.29) is 5.82 Å². The van der Waals surface area contributed by atoms with Crippen molar-refractivity contribution in [1.82, 2.24) is 14.5 Å². The third-order valence-corrected chi connectivity index (χ3v) is 6.23. The van der Waals surface area contributed by atoms with E-state index < -0.39 is 0 Å². The fourth-order valence-electron chi connectivity index (χ4n) is 4.41. The first-order valence-corrected chi connectivity index (χ1v) is 10.7. The summed E-state index contributed by atoms with van der Waals surface area (Å²) in [4.78, 5) is 9.47. The predicted molar refractivity (Wildman–Crippen MR) is 111 cm³/mol. The maximum Gasteiger partial charge on any atom is 0.224 e. The minimum atomic E-state index is -0.210. The van der Waals surface area contributed by atoms with Gasteiger partial charge in [0.05, 0.1) is 0 Å². The predicted octanol–water partition coefficient (Wildman–Crippen LogP) is 5.95. The summed E-state index contributed by atoms with van der Waals surface area (Å²) in [6.07, 6.45) is 14.3. The number of aromatic nitrogens is 3. The van der Waals surface area contributed by atoms with Crippen molar-refractivity contribution in [3.63, 3.8) is 0 Å². The second-order valence-electron chi connectivity index (χ2n) is 8.34. The van der Waals surface area contributed by atoms with E-state index in [4.69, 9.17) is 4.98 Å². The molecular formula is C23H27FN4. The van der Waals surface area contributed by atoms with Crippen LogP contribution in [0.4, 0.5) is 10.3 Å². The summed E-state index contributed by atoms with van der Waals surface area (Å²) in [7, 11) is 0. The van der Waals surface area contributed by atoms with Crippen LogP contribution in [0.2, 0.25) is 0 Å². The summed E-state index contributed by atoms with van der Waals surface area (Å²) in [6.45, 7) is 0.936. The highest BCUT2D eigenvalue weighted by Gasteiger charge is 2.22. The molecule has 2 aliphatic rings. The summed E-state index contributed by atoms with van der Waals surface area (Å²) in [6, 6.07) is 7.22. The van der Waals surface area contributed by atoms with Gasteiger partial charge in [-0.3, -0.25) is 0 Å². The third-order valence-electron chi connectivity index (χ3n) is 6.23. The quantitative estimate of drug-likeness (QED) is 0.576. The number of benzene rings is 1. The Labute approximate surface area is 165 Å². The Bertz CT molecular complexity index is 953. The molecule has 0 spiro atoms. The maximum atomic E-state index is 13.4. The number of anilines is 1. The van der Waals surface area contributed by atoms with Gasteiger partial charge in [-0.05, 0) is 42.9 Å². The van der Waals surface area contributed by atoms with Crippen LogP contribution in [0.25, 0.3) is 22.2 Å². The molecule has 146 valence electrons. The molecule has 2 saturated carbocycles. The molecule has 2 aliphatic carbocycles. The molecule has 1 aromatic carbocycles. The van der Waals surface area contributed by atoms with Gasteiger partial charge in [0.25, 0.3) is 0 Å². The van der Waals surface area contributed by atoms with Gasteiger partial charge in [-0.15, -0.1) is 0 Å². The molecule has 3 aromatic rings. The first kappa shape index (κ1) is 17.7. The zero-order valence-corrected chi connectivity index (χ0v) is 16.2. The van der Waals surface area contributed by atoms with Gasteiger partial charge in [-0.25, -0.2) is 9.37 Å². The summed E-state index contributed by atoms with van der Waals surface area (Å²) >= 11 is 0. The van der Waals surface area contributed by atoms with Gasteiger partial charge in [-0.1, -0.05) is 44.2 Å². The Hall–Kier alpha value is -2.43. The molecule has 0 amide bonds. The van der Waals surface area contributed by atoms with Gasteiger partial charge in [0.1, 0.15) is 11.5 Å². The van der Waals surface area contributed by atoms with Crippen LogP contribution in [0, 0.1) is 11.7 Å². The van der Waals surface area contributed by atoms with Crippen LogP contribution in [-0.4, -0.2) is 21.1 Å². The van der Waals surface area contributed by atoms with Gasteiger partial charge in [0.15, 0.2) is 0 Å². The van der Waals surface area contributed by atoms with E-state index in [1.165, 1.54) is 63.5 Å². The number of hydrogen-bond acceptors (Lipinski definition) is 3. The molecule has 0 saturated heterocycles. The summed E-state index contributed by atoms with van der Waals surface area (Å²) in [5, 5.41) is 4.46. The van der Waals surface area contributed by atoms with Crippen LogP contribution in [0.1, 0.15) is 57.4 Å². The SMILES string of the molecule is Fc1ccc(-c2cn(C3CCCCC3)c3nc(NCCC4CC4)ncc23)cc1. The third kappa shape index (κ3) is 3.62. The highest BCUT2D eigenvalue weighted by molar-refractivity contribution is 5.94. The van der Waals surface area contributed by atoms with Crippen molar-refractivity contribution in [3.05, 3.63) is 42.5 Å². The average molecular weight is 378 g/mol. The van der Waals surface area contributed by atoms with Crippen LogP contribution in [0.15, 0.2) is 36.7 Å². The van der Waals surface area contributed by atoms with Crippen molar-refractivity contribution in [3.8, 4) is 11.1 Å². The first-order chi connectivity index (χ1) is 13.8. The van der Waals surface area contributed by atoms with Crippen molar-refractivity contribution >= 4 is 17.0 Å². The molecule has 0 radical (unpaired) electrons. The Morgan fingerprint density at radius 1 is 1.04 bits per heavy atom. The van der Waals surface area contributed by atoms with E-state index in [0.717, 1.165) is 34.6 Å². The number of hydrogen-bond donors (Lipinski definition) is 1. The summed E-state index contributed by atoms with van der Waals surface area (Å²) in [5.41, 5.74) is 3.10. The van der Waals surface area contributed by atoms with E-state index in [0.29, 0.717) is 12.0 Å². The zero-order chi connectivity index (χ0) is 18.9. The average Bonchev–Trinajstić information content (AvgIpc) is 3.48. The van der Waals surface area contributed by atoms with Crippen molar-refractivity contribution in [2.24, 2.45) is 5.92 Å². The molecule has 0 unspecified atom stereocenters. The van der Waals surface area contributed by atoms with Crippen molar-refractivity contribution in [2.75, 3.05) is 11.9 Å². The van der Waals surface area contributed by atoms with Gasteiger partial charge in [0, 0.05) is 35.9 Å². The second-order valence-corrected chi connectivity index (χ2v) is 8.34. The van der Waals surface area contributed by atoms with Crippen LogP contribution in [0.5, 0.6) is 0 Å². The van der Waals surface area contributed by atoms with Crippen LogP contribution >= 0.6 is 0 Å². The lowest BCUT2D eigenvalue weighted by Gasteiger charge is -2.23.